The minimum Gasteiger partial charge on any atom is -0.508 e. The van der Waals surface area contributed by atoms with Crippen LogP contribution in [-0.2, 0) is 40.3 Å². The second kappa shape index (κ2) is 23.6. The lowest BCUT2D eigenvalue weighted by Gasteiger charge is -2.41. The molecule has 1 saturated heterocycles. The Labute approximate surface area is 436 Å². The Morgan fingerprint density at radius 3 is 1.80 bits per heavy atom. The van der Waals surface area contributed by atoms with Gasteiger partial charge in [0.1, 0.15) is 34.2 Å². The maximum absolute atomic E-state index is 14.4. The van der Waals surface area contributed by atoms with Crippen molar-refractivity contribution in [2.75, 3.05) is 32.7 Å². The molecule has 5 aliphatic heterocycles. The van der Waals surface area contributed by atoms with Crippen molar-refractivity contribution in [3.05, 3.63) is 92.1 Å². The fraction of sp³-hybridized carbons (Fsp3) is 0.569. The topological polar surface area (TPSA) is 196 Å². The number of benzene rings is 2. The fourth-order valence-corrected chi connectivity index (χ4v) is 10.7. The molecule has 74 heavy (non-hydrogen) atoms. The van der Waals surface area contributed by atoms with Crippen molar-refractivity contribution in [3.63, 3.8) is 0 Å². The number of hydrogen-bond acceptors (Lipinski definition) is 12. The molecule has 5 heterocycles. The molecule has 7 rings (SSSR count). The van der Waals surface area contributed by atoms with E-state index < -0.39 is 41.6 Å². The molecule has 0 aliphatic carbocycles. The van der Waals surface area contributed by atoms with Gasteiger partial charge in [-0.2, -0.15) is 0 Å². The van der Waals surface area contributed by atoms with Crippen LogP contribution in [0.4, 0.5) is 4.79 Å². The van der Waals surface area contributed by atoms with Crippen LogP contribution in [-0.4, -0.2) is 128 Å². The Morgan fingerprint density at radius 2 is 1.24 bits per heavy atom. The second-order valence-electron chi connectivity index (χ2n) is 21.9. The van der Waals surface area contributed by atoms with E-state index in [9.17, 15) is 39.3 Å². The third-order valence-electron chi connectivity index (χ3n) is 15.5. The van der Waals surface area contributed by atoms with Crippen molar-refractivity contribution in [1.82, 2.24) is 19.6 Å². The van der Waals surface area contributed by atoms with Gasteiger partial charge in [0.05, 0.1) is 36.4 Å². The van der Waals surface area contributed by atoms with E-state index in [4.69, 9.17) is 18.9 Å². The third-order valence-corrected chi connectivity index (χ3v) is 15.5. The zero-order valence-electron chi connectivity index (χ0n) is 45.0. The van der Waals surface area contributed by atoms with Crippen molar-refractivity contribution in [2.24, 2.45) is 0 Å². The minimum absolute atomic E-state index is 0.0339. The number of carbonyl (C=O) groups excluding carboxylic acids is 5. The molecule has 0 spiro atoms. The second-order valence-corrected chi connectivity index (χ2v) is 21.9. The number of hydrogen-bond donors (Lipinski definition) is 3. The normalized spacial score (nSPS) is 22.7. The van der Waals surface area contributed by atoms with Gasteiger partial charge in [0, 0.05) is 81.2 Å². The highest BCUT2D eigenvalue weighted by molar-refractivity contribution is 6.01. The molecule has 0 unspecified atom stereocenters. The van der Waals surface area contributed by atoms with E-state index in [0.29, 0.717) is 91.0 Å². The van der Waals surface area contributed by atoms with Gasteiger partial charge in [-0.3, -0.25) is 24.1 Å². The van der Waals surface area contributed by atoms with Crippen LogP contribution in [0.25, 0.3) is 0 Å². The van der Waals surface area contributed by atoms with E-state index in [-0.39, 0.29) is 80.9 Å². The van der Waals surface area contributed by atoms with Gasteiger partial charge in [0.15, 0.2) is 6.23 Å². The average Bonchev–Trinajstić information content (AvgIpc) is 3.84. The molecule has 0 aromatic heterocycles. The van der Waals surface area contributed by atoms with Crippen molar-refractivity contribution in [3.8, 4) is 23.0 Å². The molecule has 1 fully saturated rings. The molecule has 5 atom stereocenters. The average molecular weight is 1020 g/mol. The molecular formula is C58H78N4O12. The summed E-state index contributed by atoms with van der Waals surface area (Å²) in [6.45, 7) is 19.7. The summed E-state index contributed by atoms with van der Waals surface area (Å²) in [5.74, 6) is -0.120. The minimum atomic E-state index is -1.03. The van der Waals surface area contributed by atoms with Crippen molar-refractivity contribution in [1.29, 1.82) is 0 Å². The van der Waals surface area contributed by atoms with E-state index in [1.807, 2.05) is 13.8 Å². The summed E-state index contributed by atoms with van der Waals surface area (Å²) in [4.78, 5) is 72.5. The fourth-order valence-electron chi connectivity index (χ4n) is 10.7. The highest BCUT2D eigenvalue weighted by Crippen LogP contribution is 2.49. The van der Waals surface area contributed by atoms with Gasteiger partial charge in [0.2, 0.25) is 5.91 Å². The number of phenols is 1. The molecule has 402 valence electrons. The Hall–Kier alpha value is -6.13. The highest BCUT2D eigenvalue weighted by atomic mass is 16.6. The van der Waals surface area contributed by atoms with E-state index in [2.05, 4.69) is 65.8 Å². The number of aliphatic hydroxyl groups excluding tert-OH is 2. The number of aromatic hydroxyl groups is 1. The highest BCUT2D eigenvalue weighted by Gasteiger charge is 2.47. The predicted molar refractivity (Wildman–Crippen MR) is 280 cm³/mol. The lowest BCUT2D eigenvalue weighted by atomic mass is 9.84. The largest absolute Gasteiger partial charge is 0.508 e. The predicted octanol–water partition coefficient (Wildman–Crippen LogP) is 9.00. The maximum Gasteiger partial charge on any atom is 0.415 e. The zero-order chi connectivity index (χ0) is 53.6. The maximum atomic E-state index is 14.4. The van der Waals surface area contributed by atoms with Crippen LogP contribution in [0.1, 0.15) is 169 Å². The lowest BCUT2D eigenvalue weighted by Crippen LogP contribution is -2.51. The molecule has 2 aromatic carbocycles. The molecule has 4 amide bonds. The van der Waals surface area contributed by atoms with Crippen LogP contribution in [0.2, 0.25) is 0 Å². The molecule has 3 N–H and O–H groups in total. The van der Waals surface area contributed by atoms with Crippen molar-refractivity contribution < 1.29 is 58.2 Å². The zero-order valence-corrected chi connectivity index (χ0v) is 45.0. The van der Waals surface area contributed by atoms with E-state index >= 15 is 0 Å². The van der Waals surface area contributed by atoms with Gasteiger partial charge in [-0.1, -0.05) is 46.6 Å². The number of amides is 4. The number of phenolic OH excluding ortho intramolecular Hbond substituents is 1. The molecule has 0 bridgehead atoms. The quantitative estimate of drug-likeness (QED) is 0.0843. The van der Waals surface area contributed by atoms with Crippen molar-refractivity contribution in [2.45, 2.75) is 182 Å². The summed E-state index contributed by atoms with van der Waals surface area (Å²) in [5, 5.41) is 34.3. The van der Waals surface area contributed by atoms with Crippen LogP contribution in [0.3, 0.4) is 0 Å². The first kappa shape index (κ1) is 55.6. The summed E-state index contributed by atoms with van der Waals surface area (Å²) < 4.78 is 25.0. The SMILES string of the molecule is CC(=O)N1CCN(C(=O)Oc2cc3c(c4c2C[C@H](O)[C@@](C)(CC/C=C(\C)CCC=C(C)C)O4)CN(CCC[C@@H](OC=O)N2Cc4c(cc(O)c5c4O[C@](C)(CC/C=C(\C)CCC=C(C)C)[C@@H](O)C5)C2=O)C3=O)CC1. The lowest BCUT2D eigenvalue weighted by molar-refractivity contribution is -0.141. The Bertz CT molecular complexity index is 2600. The van der Waals surface area contributed by atoms with Crippen LogP contribution in [0.15, 0.2) is 58.7 Å². The number of rotatable bonds is 20. The first-order chi connectivity index (χ1) is 35.1. The summed E-state index contributed by atoms with van der Waals surface area (Å²) >= 11 is 0. The smallest absolute Gasteiger partial charge is 0.415 e. The third kappa shape index (κ3) is 12.5. The van der Waals surface area contributed by atoms with E-state index in [0.717, 1.165) is 25.7 Å². The number of allylic oxidation sites excluding steroid dienone is 8. The number of fused-ring (bicyclic) bond motifs is 6. The molecule has 16 nitrogen and oxygen atoms in total. The Balaban J connectivity index is 1.06. The molecule has 16 heteroatoms. The van der Waals surface area contributed by atoms with Gasteiger partial charge in [0.25, 0.3) is 18.3 Å². The molecular weight excluding hydrogens is 945 g/mol. The first-order valence-electron chi connectivity index (χ1n) is 26.4. The Kier molecular flexibility index (Phi) is 17.7. The van der Waals surface area contributed by atoms with Crippen LogP contribution in [0.5, 0.6) is 23.0 Å². The summed E-state index contributed by atoms with van der Waals surface area (Å²) in [5.41, 5.74) is 5.60. The number of piperazine rings is 1. The summed E-state index contributed by atoms with van der Waals surface area (Å²) in [7, 11) is 0. The number of aliphatic hydroxyl groups is 2. The molecule has 0 saturated carbocycles. The van der Waals surface area contributed by atoms with Gasteiger partial charge >= 0.3 is 6.09 Å². The van der Waals surface area contributed by atoms with Crippen molar-refractivity contribution >= 4 is 30.3 Å². The summed E-state index contributed by atoms with van der Waals surface area (Å²) in [6.07, 6.45) is 12.1. The van der Waals surface area contributed by atoms with Gasteiger partial charge in [-0.15, -0.1) is 0 Å². The van der Waals surface area contributed by atoms with Crippen LogP contribution in [0, 0.1) is 0 Å². The van der Waals surface area contributed by atoms with Gasteiger partial charge in [-0.25, -0.2) is 4.79 Å². The molecule has 5 aliphatic rings. The summed E-state index contributed by atoms with van der Waals surface area (Å²) in [6, 6.07) is 2.95. The van der Waals surface area contributed by atoms with Crippen LogP contribution < -0.4 is 14.2 Å². The standard InChI is InChI=1S/C58H78N4O12/c1-36(2)15-10-17-38(5)19-12-22-57(8)49(66)31-43-47(65)29-41-46(52(43)73-57)34-62(55(41)69)51(71-35-63)21-14-24-61-33-45-42(54(61)68)30-48(72-56(70)60-27-25-59(26-28-60)40(7)64)44-32-50(67)58(9,74-53(44)45)23-13-20-39(6)18-11-16-37(3)4/h15-16,19-20,29-30,35,49-51,65-67H,10-14,17-18,21-28,31-34H2,1-9H3/b38-19+,39-20+/t49-,50-,51+,57+,58+/m0/s1. The number of ether oxygens (including phenoxy) is 4. The van der Waals surface area contributed by atoms with E-state index in [1.165, 1.54) is 45.1 Å². The number of nitrogens with zero attached hydrogens (tertiary/aromatic N) is 4. The monoisotopic (exact) mass is 1020 g/mol. The molecule has 2 aromatic rings. The van der Waals surface area contributed by atoms with Gasteiger partial charge in [-0.05, 0) is 125 Å². The first-order valence-corrected chi connectivity index (χ1v) is 26.4. The van der Waals surface area contributed by atoms with Crippen LogP contribution >= 0.6 is 0 Å². The van der Waals surface area contributed by atoms with E-state index in [1.54, 1.807) is 15.9 Å². The Morgan fingerprint density at radius 1 is 0.716 bits per heavy atom. The number of carbonyl (C=O) groups is 5. The van der Waals surface area contributed by atoms with Gasteiger partial charge < -0.3 is 49.0 Å². The molecule has 0 radical (unpaired) electrons.